The van der Waals surface area contributed by atoms with Gasteiger partial charge in [0.2, 0.25) is 10.0 Å². The first-order valence-corrected chi connectivity index (χ1v) is 9.47. The highest BCUT2D eigenvalue weighted by atomic mass is 32.2. The van der Waals surface area contributed by atoms with Crippen molar-refractivity contribution in [3.05, 3.63) is 53.9 Å². The third-order valence-corrected chi connectivity index (χ3v) is 5.49. The molecular formula is C17H18N2O4S. The Morgan fingerprint density at radius 3 is 2.67 bits per heavy atom. The van der Waals surface area contributed by atoms with Crippen LogP contribution < -0.4 is 0 Å². The predicted octanol–water partition coefficient (Wildman–Crippen LogP) is 2.54. The van der Waals surface area contributed by atoms with E-state index in [4.69, 9.17) is 5.11 Å². The van der Waals surface area contributed by atoms with Crippen LogP contribution >= 0.6 is 0 Å². The largest absolute Gasteiger partial charge is 0.478 e. The SMILES string of the molecule is CS(=O)(=O)N1CCC[C@@H]1c1ccc(-c2cccc(C(=O)O)c2)cn1. The lowest BCUT2D eigenvalue weighted by Gasteiger charge is -2.21. The van der Waals surface area contributed by atoms with Crippen molar-refractivity contribution in [1.82, 2.24) is 9.29 Å². The number of carbonyl (C=O) groups is 1. The minimum Gasteiger partial charge on any atom is -0.478 e. The molecule has 1 aromatic carbocycles. The summed E-state index contributed by atoms with van der Waals surface area (Å²) in [5.41, 5.74) is 2.50. The molecule has 0 radical (unpaired) electrons. The van der Waals surface area contributed by atoms with E-state index in [1.54, 1.807) is 18.3 Å². The standard InChI is InChI=1S/C17H18N2O4S/c1-24(22,23)19-9-3-6-16(19)15-8-7-14(11-18-15)12-4-2-5-13(10-12)17(20)21/h2,4-5,7-8,10-11,16H,3,6,9H2,1H3,(H,20,21)/t16-/m1/s1. The van der Waals surface area contributed by atoms with Gasteiger partial charge in [0.25, 0.3) is 0 Å². The van der Waals surface area contributed by atoms with Crippen molar-refractivity contribution in [2.24, 2.45) is 0 Å². The van der Waals surface area contributed by atoms with E-state index in [0.717, 1.165) is 29.7 Å². The van der Waals surface area contributed by atoms with Gasteiger partial charge in [-0.15, -0.1) is 0 Å². The Balaban J connectivity index is 1.89. The number of carboxylic acids is 1. The molecule has 0 amide bonds. The Kier molecular flexibility index (Phi) is 4.38. The quantitative estimate of drug-likeness (QED) is 0.919. The summed E-state index contributed by atoms with van der Waals surface area (Å²) >= 11 is 0. The van der Waals surface area contributed by atoms with E-state index < -0.39 is 16.0 Å². The summed E-state index contributed by atoms with van der Waals surface area (Å²) in [7, 11) is -3.25. The fraction of sp³-hybridized carbons (Fsp3) is 0.294. The number of carboxylic acid groups (broad SMARTS) is 1. The second-order valence-corrected chi connectivity index (χ2v) is 7.82. The molecule has 0 bridgehead atoms. The highest BCUT2D eigenvalue weighted by molar-refractivity contribution is 7.88. The number of sulfonamides is 1. The van der Waals surface area contributed by atoms with Crippen LogP contribution in [0.1, 0.15) is 34.9 Å². The number of hydrogen-bond donors (Lipinski definition) is 1. The molecule has 126 valence electrons. The van der Waals surface area contributed by atoms with Crippen LogP contribution in [-0.4, -0.2) is 41.6 Å². The van der Waals surface area contributed by atoms with E-state index in [2.05, 4.69) is 4.98 Å². The fourth-order valence-corrected chi connectivity index (χ4v) is 4.17. The van der Waals surface area contributed by atoms with Crippen molar-refractivity contribution in [1.29, 1.82) is 0 Å². The molecule has 3 rings (SSSR count). The minimum absolute atomic E-state index is 0.218. The van der Waals surface area contributed by atoms with E-state index >= 15 is 0 Å². The van der Waals surface area contributed by atoms with E-state index in [1.165, 1.54) is 16.6 Å². The summed E-state index contributed by atoms with van der Waals surface area (Å²) in [5.74, 6) is -0.976. The van der Waals surface area contributed by atoms with E-state index in [9.17, 15) is 13.2 Å². The topological polar surface area (TPSA) is 87.6 Å². The van der Waals surface area contributed by atoms with Gasteiger partial charge in [-0.2, -0.15) is 4.31 Å². The number of nitrogens with zero attached hydrogens (tertiary/aromatic N) is 2. The molecule has 1 atom stereocenters. The second kappa shape index (κ2) is 6.33. The number of aromatic carboxylic acids is 1. The molecule has 1 aliphatic heterocycles. The third-order valence-electron chi connectivity index (χ3n) is 4.20. The summed E-state index contributed by atoms with van der Waals surface area (Å²) in [5, 5.41) is 9.07. The van der Waals surface area contributed by atoms with Crippen molar-refractivity contribution in [3.63, 3.8) is 0 Å². The molecule has 24 heavy (non-hydrogen) atoms. The lowest BCUT2D eigenvalue weighted by molar-refractivity contribution is 0.0697. The molecule has 0 spiro atoms. The van der Waals surface area contributed by atoms with Gasteiger partial charge in [-0.25, -0.2) is 13.2 Å². The molecular weight excluding hydrogens is 328 g/mol. The maximum atomic E-state index is 11.8. The number of aromatic nitrogens is 1. The van der Waals surface area contributed by atoms with Gasteiger partial charge < -0.3 is 5.11 Å². The minimum atomic E-state index is -3.25. The average Bonchev–Trinajstić information content (AvgIpc) is 3.05. The van der Waals surface area contributed by atoms with Gasteiger partial charge in [0.15, 0.2) is 0 Å². The van der Waals surface area contributed by atoms with Gasteiger partial charge in [-0.1, -0.05) is 18.2 Å². The van der Waals surface area contributed by atoms with Crippen LogP contribution in [0.2, 0.25) is 0 Å². The van der Waals surface area contributed by atoms with Crippen LogP contribution in [0.3, 0.4) is 0 Å². The van der Waals surface area contributed by atoms with Crippen molar-refractivity contribution in [2.75, 3.05) is 12.8 Å². The smallest absolute Gasteiger partial charge is 0.335 e. The lowest BCUT2D eigenvalue weighted by Crippen LogP contribution is -2.29. The maximum Gasteiger partial charge on any atom is 0.335 e. The van der Waals surface area contributed by atoms with Crippen LogP contribution in [0.4, 0.5) is 0 Å². The van der Waals surface area contributed by atoms with Crippen molar-refractivity contribution in [3.8, 4) is 11.1 Å². The summed E-state index contributed by atoms with van der Waals surface area (Å²) in [6.45, 7) is 0.521. The van der Waals surface area contributed by atoms with Crippen LogP contribution in [0, 0.1) is 0 Å². The first kappa shape index (κ1) is 16.6. The molecule has 0 aliphatic carbocycles. The lowest BCUT2D eigenvalue weighted by atomic mass is 10.0. The number of pyridine rings is 1. The predicted molar refractivity (Wildman–Crippen MR) is 90.2 cm³/mol. The zero-order valence-electron chi connectivity index (χ0n) is 13.2. The molecule has 2 aromatic rings. The Hall–Kier alpha value is -2.25. The zero-order chi connectivity index (χ0) is 17.3. The number of rotatable bonds is 4. The van der Waals surface area contributed by atoms with Gasteiger partial charge >= 0.3 is 5.97 Å². The molecule has 1 aliphatic rings. The van der Waals surface area contributed by atoms with E-state index in [-0.39, 0.29) is 11.6 Å². The van der Waals surface area contributed by atoms with Crippen molar-refractivity contribution >= 4 is 16.0 Å². The monoisotopic (exact) mass is 346 g/mol. The normalized spacial score (nSPS) is 18.6. The fourth-order valence-electron chi connectivity index (χ4n) is 3.04. The van der Waals surface area contributed by atoms with E-state index in [0.29, 0.717) is 6.54 Å². The molecule has 1 N–H and O–H groups in total. The zero-order valence-corrected chi connectivity index (χ0v) is 14.0. The Labute approximate surface area is 140 Å². The number of hydrogen-bond acceptors (Lipinski definition) is 4. The Morgan fingerprint density at radius 1 is 1.25 bits per heavy atom. The van der Waals surface area contributed by atoms with Gasteiger partial charge in [-0.05, 0) is 36.6 Å². The summed E-state index contributed by atoms with van der Waals surface area (Å²) < 4.78 is 25.2. The first-order valence-electron chi connectivity index (χ1n) is 7.63. The molecule has 1 aromatic heterocycles. The third kappa shape index (κ3) is 3.32. The molecule has 1 fully saturated rings. The highest BCUT2D eigenvalue weighted by Crippen LogP contribution is 2.33. The first-order chi connectivity index (χ1) is 11.4. The molecule has 0 unspecified atom stereocenters. The average molecular weight is 346 g/mol. The van der Waals surface area contributed by atoms with Gasteiger partial charge in [0.1, 0.15) is 0 Å². The Bertz CT molecular complexity index is 862. The van der Waals surface area contributed by atoms with Crippen LogP contribution in [-0.2, 0) is 10.0 Å². The maximum absolute atomic E-state index is 11.8. The van der Waals surface area contributed by atoms with Crippen LogP contribution in [0.15, 0.2) is 42.6 Å². The van der Waals surface area contributed by atoms with Gasteiger partial charge in [-0.3, -0.25) is 4.98 Å². The molecule has 0 saturated carbocycles. The van der Waals surface area contributed by atoms with Gasteiger partial charge in [0, 0.05) is 18.3 Å². The summed E-state index contributed by atoms with van der Waals surface area (Å²) in [6, 6.07) is 10.1. The molecule has 2 heterocycles. The molecule has 6 nitrogen and oxygen atoms in total. The Morgan fingerprint density at radius 2 is 2.04 bits per heavy atom. The van der Waals surface area contributed by atoms with Crippen LogP contribution in [0.5, 0.6) is 0 Å². The van der Waals surface area contributed by atoms with Crippen LogP contribution in [0.25, 0.3) is 11.1 Å². The second-order valence-electron chi connectivity index (χ2n) is 5.89. The highest BCUT2D eigenvalue weighted by Gasteiger charge is 2.33. The summed E-state index contributed by atoms with van der Waals surface area (Å²) in [6.07, 6.45) is 4.46. The van der Waals surface area contributed by atoms with Gasteiger partial charge in [0.05, 0.1) is 23.6 Å². The summed E-state index contributed by atoms with van der Waals surface area (Å²) in [4.78, 5) is 15.5. The van der Waals surface area contributed by atoms with Crippen molar-refractivity contribution in [2.45, 2.75) is 18.9 Å². The van der Waals surface area contributed by atoms with Crippen molar-refractivity contribution < 1.29 is 18.3 Å². The molecule has 7 heteroatoms. The molecule has 1 saturated heterocycles. The van der Waals surface area contributed by atoms with E-state index in [1.807, 2.05) is 18.2 Å². The number of benzene rings is 1.